The number of alkyl halides is 6. The molecule has 1 aromatic rings. The molecule has 0 N–H and O–H groups in total. The summed E-state index contributed by atoms with van der Waals surface area (Å²) in [6.07, 6.45) is -4.67. The van der Waals surface area contributed by atoms with Crippen molar-refractivity contribution in [3.8, 4) is 0 Å². The molecule has 2 rings (SSSR count). The Labute approximate surface area is 152 Å². The molecular formula is C16H17F6NO3S. The van der Waals surface area contributed by atoms with Gasteiger partial charge in [-0.2, -0.15) is 17.6 Å². The van der Waals surface area contributed by atoms with E-state index in [2.05, 4.69) is 0 Å². The zero-order valence-electron chi connectivity index (χ0n) is 13.9. The number of halogens is 6. The van der Waals surface area contributed by atoms with Crippen LogP contribution in [0.5, 0.6) is 0 Å². The summed E-state index contributed by atoms with van der Waals surface area (Å²) in [5.74, 6) is -11.9. The van der Waals surface area contributed by atoms with Crippen LogP contribution in [0, 0.1) is 0 Å². The number of allylic oxidation sites excluding steroid dienone is 1. The maximum Gasteiger partial charge on any atom is 0.375 e. The highest BCUT2D eigenvalue weighted by Crippen LogP contribution is 2.45. The van der Waals surface area contributed by atoms with Crippen LogP contribution in [0.3, 0.4) is 0 Å². The van der Waals surface area contributed by atoms with Crippen molar-refractivity contribution in [1.82, 2.24) is 4.90 Å². The van der Waals surface area contributed by atoms with Gasteiger partial charge in [-0.3, -0.25) is 0 Å². The first-order chi connectivity index (χ1) is 12.5. The number of benzene rings is 1. The van der Waals surface area contributed by atoms with Gasteiger partial charge in [0.25, 0.3) is 0 Å². The van der Waals surface area contributed by atoms with Crippen LogP contribution in [0.1, 0.15) is 5.56 Å². The maximum absolute atomic E-state index is 14.3. The quantitative estimate of drug-likeness (QED) is 0.639. The van der Waals surface area contributed by atoms with E-state index in [1.165, 1.54) is 24.3 Å². The van der Waals surface area contributed by atoms with Crippen molar-refractivity contribution in [2.75, 3.05) is 26.3 Å². The molecule has 0 unspecified atom stereocenters. The standard InChI is InChI=1S/C16H17F6NO3S/c17-14(18)16(21,22)15(19,20)13(23-6-8-26-9-7-23)11-27(24,25)10-12-4-2-1-3-5-12/h1-5,11,14H,6-10H2/b13-11-. The summed E-state index contributed by atoms with van der Waals surface area (Å²) in [7, 11) is -4.46. The van der Waals surface area contributed by atoms with Gasteiger partial charge in [-0.15, -0.1) is 0 Å². The summed E-state index contributed by atoms with van der Waals surface area (Å²) in [5, 5.41) is -0.0262. The minimum Gasteiger partial charge on any atom is -0.378 e. The molecule has 0 bridgehead atoms. The van der Waals surface area contributed by atoms with E-state index in [9.17, 15) is 34.8 Å². The Morgan fingerprint density at radius 3 is 2.19 bits per heavy atom. The van der Waals surface area contributed by atoms with Gasteiger partial charge in [0.2, 0.25) is 0 Å². The Balaban J connectivity index is 2.47. The first-order valence-electron chi connectivity index (χ1n) is 7.83. The number of morpholine rings is 1. The third-order valence-corrected chi connectivity index (χ3v) is 5.19. The molecule has 0 spiro atoms. The smallest absolute Gasteiger partial charge is 0.375 e. The van der Waals surface area contributed by atoms with Crippen LogP contribution in [0.15, 0.2) is 41.4 Å². The number of ether oxygens (including phenoxy) is 1. The predicted molar refractivity (Wildman–Crippen MR) is 85.4 cm³/mol. The average Bonchev–Trinajstić information content (AvgIpc) is 2.60. The van der Waals surface area contributed by atoms with Crippen LogP contribution in [-0.2, 0) is 20.3 Å². The van der Waals surface area contributed by atoms with Gasteiger partial charge in [0.05, 0.1) is 24.4 Å². The minimum absolute atomic E-state index is 0.0262. The van der Waals surface area contributed by atoms with Crippen LogP contribution < -0.4 is 0 Å². The van der Waals surface area contributed by atoms with Crippen LogP contribution in [-0.4, -0.2) is 57.9 Å². The largest absolute Gasteiger partial charge is 0.378 e. The Bertz CT molecular complexity index is 762. The molecule has 152 valence electrons. The number of rotatable bonds is 7. The van der Waals surface area contributed by atoms with Gasteiger partial charge in [-0.1, -0.05) is 30.3 Å². The van der Waals surface area contributed by atoms with E-state index in [1.807, 2.05) is 0 Å². The molecule has 0 aromatic heterocycles. The van der Waals surface area contributed by atoms with Gasteiger partial charge in [0.15, 0.2) is 9.84 Å². The Morgan fingerprint density at radius 1 is 1.11 bits per heavy atom. The molecule has 1 aliphatic heterocycles. The van der Waals surface area contributed by atoms with Crippen molar-refractivity contribution in [2.24, 2.45) is 0 Å². The normalized spacial score (nSPS) is 17.4. The van der Waals surface area contributed by atoms with Crippen molar-refractivity contribution in [3.05, 3.63) is 47.0 Å². The van der Waals surface area contributed by atoms with E-state index in [4.69, 9.17) is 4.74 Å². The molecule has 1 fully saturated rings. The van der Waals surface area contributed by atoms with Crippen molar-refractivity contribution >= 4 is 9.84 Å². The molecule has 4 nitrogen and oxygen atoms in total. The molecule has 1 saturated heterocycles. The molecule has 0 atom stereocenters. The molecule has 0 radical (unpaired) electrons. The zero-order chi connectivity index (χ0) is 20.3. The SMILES string of the molecule is O=S(=O)(/C=C(\N1CCOCC1)C(F)(F)C(F)(F)C(F)F)Cc1ccccc1. The molecule has 11 heteroatoms. The Morgan fingerprint density at radius 2 is 1.67 bits per heavy atom. The molecule has 27 heavy (non-hydrogen) atoms. The highest BCUT2D eigenvalue weighted by molar-refractivity contribution is 7.93. The third-order valence-electron chi connectivity index (χ3n) is 3.87. The van der Waals surface area contributed by atoms with Crippen molar-refractivity contribution in [2.45, 2.75) is 24.0 Å². The highest BCUT2D eigenvalue weighted by atomic mass is 32.2. The fourth-order valence-electron chi connectivity index (χ4n) is 2.48. The van der Waals surface area contributed by atoms with Gasteiger partial charge in [0.1, 0.15) is 5.70 Å². The van der Waals surface area contributed by atoms with Crippen LogP contribution in [0.2, 0.25) is 0 Å². The van der Waals surface area contributed by atoms with E-state index in [0.717, 1.165) is 0 Å². The van der Waals surface area contributed by atoms with E-state index in [1.54, 1.807) is 6.07 Å². The fourth-order valence-corrected chi connectivity index (χ4v) is 3.86. The maximum atomic E-state index is 14.3. The molecule has 1 aliphatic rings. The summed E-state index contributed by atoms with van der Waals surface area (Å²) >= 11 is 0. The number of hydrogen-bond donors (Lipinski definition) is 0. The lowest BCUT2D eigenvalue weighted by atomic mass is 10.1. The summed E-state index contributed by atoms with van der Waals surface area (Å²) < 4.78 is 110. The fraction of sp³-hybridized carbons (Fsp3) is 0.500. The van der Waals surface area contributed by atoms with Gasteiger partial charge in [0, 0.05) is 13.1 Å². The van der Waals surface area contributed by atoms with Crippen molar-refractivity contribution < 1.29 is 39.5 Å². The summed E-state index contributed by atoms with van der Waals surface area (Å²) in [6, 6.07) is 7.44. The second-order valence-electron chi connectivity index (χ2n) is 5.89. The van der Waals surface area contributed by atoms with E-state index in [0.29, 0.717) is 4.90 Å². The third kappa shape index (κ3) is 4.95. The highest BCUT2D eigenvalue weighted by Gasteiger charge is 2.66. The lowest BCUT2D eigenvalue weighted by Crippen LogP contribution is -2.53. The first-order valence-corrected chi connectivity index (χ1v) is 9.54. The number of sulfone groups is 1. The molecular weight excluding hydrogens is 400 g/mol. The second-order valence-corrected chi connectivity index (χ2v) is 7.74. The molecule has 0 saturated carbocycles. The van der Waals surface area contributed by atoms with E-state index < -0.39 is 39.6 Å². The summed E-state index contributed by atoms with van der Waals surface area (Å²) in [5.41, 5.74) is -1.42. The number of hydrogen-bond acceptors (Lipinski definition) is 4. The lowest BCUT2D eigenvalue weighted by Gasteiger charge is -2.37. The van der Waals surface area contributed by atoms with Gasteiger partial charge in [-0.05, 0) is 5.56 Å². The van der Waals surface area contributed by atoms with E-state index in [-0.39, 0.29) is 37.3 Å². The van der Waals surface area contributed by atoms with Crippen molar-refractivity contribution in [3.63, 3.8) is 0 Å². The summed E-state index contributed by atoms with van der Waals surface area (Å²) in [4.78, 5) is 0.641. The minimum atomic E-state index is -5.74. The van der Waals surface area contributed by atoms with Crippen molar-refractivity contribution in [1.29, 1.82) is 0 Å². The molecule has 0 amide bonds. The lowest BCUT2D eigenvalue weighted by molar-refractivity contribution is -0.253. The molecule has 0 aliphatic carbocycles. The zero-order valence-corrected chi connectivity index (χ0v) is 14.7. The second kappa shape index (κ2) is 8.09. The average molecular weight is 417 g/mol. The topological polar surface area (TPSA) is 46.6 Å². The molecule has 1 heterocycles. The van der Waals surface area contributed by atoms with Crippen LogP contribution in [0.25, 0.3) is 0 Å². The monoisotopic (exact) mass is 417 g/mol. The Kier molecular flexibility index (Phi) is 6.46. The molecule has 1 aromatic carbocycles. The van der Waals surface area contributed by atoms with Crippen LogP contribution in [0.4, 0.5) is 26.3 Å². The van der Waals surface area contributed by atoms with Gasteiger partial charge < -0.3 is 9.64 Å². The predicted octanol–water partition coefficient (Wildman–Crippen LogP) is 3.31. The van der Waals surface area contributed by atoms with E-state index >= 15 is 0 Å². The van der Waals surface area contributed by atoms with Gasteiger partial charge >= 0.3 is 18.3 Å². The summed E-state index contributed by atoms with van der Waals surface area (Å²) in [6.45, 7) is -0.929. The van der Waals surface area contributed by atoms with Gasteiger partial charge in [-0.25, -0.2) is 17.2 Å². The first kappa shape index (κ1) is 21.5. The number of nitrogens with zero attached hydrogens (tertiary/aromatic N) is 1. The Hall–Kier alpha value is -1.75. The van der Waals surface area contributed by atoms with Crippen LogP contribution >= 0.6 is 0 Å².